The summed E-state index contributed by atoms with van der Waals surface area (Å²) in [6.45, 7) is 0.402. The van der Waals surface area contributed by atoms with E-state index in [4.69, 9.17) is 21.1 Å². The van der Waals surface area contributed by atoms with Crippen LogP contribution in [0.5, 0.6) is 11.5 Å². The van der Waals surface area contributed by atoms with Crippen LogP contribution in [0, 0.1) is 17.2 Å². The number of hydrogen-bond acceptors (Lipinski definition) is 5. The maximum Gasteiger partial charge on any atom is 0.260 e. The van der Waals surface area contributed by atoms with E-state index in [1.165, 1.54) is 0 Å². The van der Waals surface area contributed by atoms with E-state index in [-0.39, 0.29) is 11.4 Å². The summed E-state index contributed by atoms with van der Waals surface area (Å²) in [5.41, 5.74) is 2.40. The molecule has 2 aromatic rings. The molecular formula is C25H18ClN3O3. The van der Waals surface area contributed by atoms with Gasteiger partial charge in [0, 0.05) is 5.03 Å². The van der Waals surface area contributed by atoms with Crippen LogP contribution >= 0.6 is 11.6 Å². The minimum atomic E-state index is -0.614. The minimum absolute atomic E-state index is 0.0724. The topological polar surface area (TPSA) is 84.0 Å². The van der Waals surface area contributed by atoms with Gasteiger partial charge in [0.2, 0.25) is 0 Å². The lowest BCUT2D eigenvalue weighted by Crippen LogP contribution is -2.27. The van der Waals surface area contributed by atoms with Gasteiger partial charge in [0.05, 0.1) is 18.4 Å². The molecule has 1 atom stereocenters. The quantitative estimate of drug-likeness (QED) is 0.596. The van der Waals surface area contributed by atoms with Gasteiger partial charge in [-0.05, 0) is 47.6 Å². The van der Waals surface area contributed by atoms with Crippen LogP contribution in [0.25, 0.3) is 6.08 Å². The number of amides is 1. The van der Waals surface area contributed by atoms with E-state index in [9.17, 15) is 10.1 Å². The normalized spacial score (nSPS) is 17.5. The molecule has 1 unspecified atom stereocenters. The Morgan fingerprint density at radius 2 is 1.97 bits per heavy atom. The molecule has 2 aliphatic rings. The molecule has 1 aliphatic carbocycles. The van der Waals surface area contributed by atoms with Crippen molar-refractivity contribution in [1.29, 1.82) is 5.26 Å². The molecule has 4 rings (SSSR count). The van der Waals surface area contributed by atoms with Crippen molar-refractivity contribution in [2.45, 2.75) is 6.61 Å². The zero-order chi connectivity index (χ0) is 22.5. The largest absolute Gasteiger partial charge is 0.493 e. The van der Waals surface area contributed by atoms with Gasteiger partial charge in [0.15, 0.2) is 17.3 Å². The Morgan fingerprint density at radius 3 is 2.72 bits per heavy atom. The Bertz CT molecular complexity index is 1250. The number of rotatable bonds is 6. The second-order valence-corrected chi connectivity index (χ2v) is 7.46. The predicted octanol–water partition coefficient (Wildman–Crippen LogP) is 4.87. The number of amidine groups is 1. The van der Waals surface area contributed by atoms with Gasteiger partial charge in [0.1, 0.15) is 18.6 Å². The highest BCUT2D eigenvalue weighted by Crippen LogP contribution is 2.30. The highest BCUT2D eigenvalue weighted by molar-refractivity contribution is 6.34. The van der Waals surface area contributed by atoms with Crippen LogP contribution in [0.3, 0.4) is 0 Å². The molecule has 0 saturated heterocycles. The number of allylic oxidation sites excluding steroid dienone is 3. The molecule has 1 aliphatic heterocycles. The Labute approximate surface area is 190 Å². The van der Waals surface area contributed by atoms with Gasteiger partial charge in [-0.15, -0.1) is 0 Å². The fraction of sp³-hybridized carbons (Fsp3) is 0.120. The number of methoxy groups -OCH3 is 1. The number of benzene rings is 2. The summed E-state index contributed by atoms with van der Waals surface area (Å²) in [5, 5.41) is 10.1. The van der Waals surface area contributed by atoms with Crippen LogP contribution < -0.4 is 9.47 Å². The lowest BCUT2D eigenvalue weighted by Gasteiger charge is -2.18. The number of nitriles is 1. The maximum absolute atomic E-state index is 12.4. The summed E-state index contributed by atoms with van der Waals surface area (Å²) < 4.78 is 11.3. The van der Waals surface area contributed by atoms with Crippen LogP contribution in [0.1, 0.15) is 11.1 Å². The molecule has 1 heterocycles. The van der Waals surface area contributed by atoms with Gasteiger partial charge in [-0.3, -0.25) is 4.79 Å². The van der Waals surface area contributed by atoms with Gasteiger partial charge < -0.3 is 9.47 Å². The smallest absolute Gasteiger partial charge is 0.260 e. The molecule has 0 bridgehead atoms. The Balaban J connectivity index is 1.58. The molecule has 0 saturated carbocycles. The standard InChI is InChI=1S/C25H18ClN3O3/c1-31-23-12-17(7-10-22(23)32-15-16-5-3-2-4-6-16)11-18(14-27)24-28-21-9-8-19(26)13-20(21)25(30)29-24/h2-13,20H,15H2,1H3/b18-11+. The first-order valence-electron chi connectivity index (χ1n) is 9.81. The van der Waals surface area contributed by atoms with E-state index >= 15 is 0 Å². The van der Waals surface area contributed by atoms with Crippen molar-refractivity contribution in [3.8, 4) is 17.6 Å². The van der Waals surface area contributed by atoms with E-state index in [0.717, 1.165) is 5.56 Å². The third kappa shape index (κ3) is 4.69. The van der Waals surface area contributed by atoms with Crippen molar-refractivity contribution in [1.82, 2.24) is 0 Å². The highest BCUT2D eigenvalue weighted by Gasteiger charge is 2.28. The second-order valence-electron chi connectivity index (χ2n) is 7.03. The average Bonchev–Trinajstić information content (AvgIpc) is 2.82. The third-order valence-electron chi connectivity index (χ3n) is 4.87. The lowest BCUT2D eigenvalue weighted by molar-refractivity contribution is -0.118. The van der Waals surface area contributed by atoms with Gasteiger partial charge in [0.25, 0.3) is 5.91 Å². The molecular weight excluding hydrogens is 426 g/mol. The monoisotopic (exact) mass is 443 g/mol. The number of carbonyl (C=O) groups excluding carboxylic acids is 1. The first kappa shape index (κ1) is 21.3. The molecule has 1 amide bonds. The molecule has 2 aromatic carbocycles. The molecule has 0 spiro atoms. The van der Waals surface area contributed by atoms with Crippen LogP contribution in [0.15, 0.2) is 87.3 Å². The van der Waals surface area contributed by atoms with Gasteiger partial charge in [-0.2, -0.15) is 10.3 Å². The van der Waals surface area contributed by atoms with Crippen molar-refractivity contribution in [3.63, 3.8) is 0 Å². The van der Waals surface area contributed by atoms with Crippen molar-refractivity contribution >= 4 is 35.1 Å². The van der Waals surface area contributed by atoms with Gasteiger partial charge >= 0.3 is 0 Å². The van der Waals surface area contributed by atoms with E-state index in [1.54, 1.807) is 49.6 Å². The Morgan fingerprint density at radius 1 is 1.16 bits per heavy atom. The molecule has 32 heavy (non-hydrogen) atoms. The lowest BCUT2D eigenvalue weighted by atomic mass is 9.96. The fourth-order valence-corrected chi connectivity index (χ4v) is 3.45. The summed E-state index contributed by atoms with van der Waals surface area (Å²) in [5.74, 6) is 0.155. The summed E-state index contributed by atoms with van der Waals surface area (Å²) in [6, 6.07) is 17.2. The summed E-state index contributed by atoms with van der Waals surface area (Å²) in [7, 11) is 1.55. The van der Waals surface area contributed by atoms with E-state index in [0.29, 0.717) is 34.4 Å². The molecule has 0 N–H and O–H groups in total. The Kier molecular flexibility index (Phi) is 6.29. The van der Waals surface area contributed by atoms with Crippen molar-refractivity contribution in [2.75, 3.05) is 7.11 Å². The SMILES string of the molecule is COc1cc(/C=C(\C#N)C2=NC(=O)C3C=C(Cl)C=CC3=N2)ccc1OCc1ccccc1. The molecule has 0 fully saturated rings. The first-order valence-corrected chi connectivity index (χ1v) is 10.2. The molecule has 158 valence electrons. The highest BCUT2D eigenvalue weighted by atomic mass is 35.5. The number of fused-ring (bicyclic) bond motifs is 1. The van der Waals surface area contributed by atoms with Crippen molar-refractivity contribution in [3.05, 3.63) is 88.5 Å². The maximum atomic E-state index is 12.4. The van der Waals surface area contributed by atoms with E-state index in [2.05, 4.69) is 16.1 Å². The summed E-state index contributed by atoms with van der Waals surface area (Å²) in [4.78, 5) is 20.8. The molecule has 0 radical (unpaired) electrons. The zero-order valence-corrected chi connectivity index (χ0v) is 17.9. The summed E-state index contributed by atoms with van der Waals surface area (Å²) in [6.07, 6.45) is 6.52. The first-order chi connectivity index (χ1) is 15.6. The zero-order valence-electron chi connectivity index (χ0n) is 17.2. The number of hydrogen-bond donors (Lipinski definition) is 0. The average molecular weight is 444 g/mol. The van der Waals surface area contributed by atoms with E-state index < -0.39 is 11.8 Å². The predicted molar refractivity (Wildman–Crippen MR) is 124 cm³/mol. The summed E-state index contributed by atoms with van der Waals surface area (Å²) >= 11 is 5.97. The van der Waals surface area contributed by atoms with E-state index in [1.807, 2.05) is 30.3 Å². The number of aliphatic imine (C=N–C) groups is 2. The Hall–Kier alpha value is -3.95. The third-order valence-corrected chi connectivity index (χ3v) is 5.12. The molecule has 7 heteroatoms. The van der Waals surface area contributed by atoms with Crippen LogP contribution in [0.2, 0.25) is 0 Å². The van der Waals surface area contributed by atoms with Crippen LogP contribution in [0.4, 0.5) is 0 Å². The number of carbonyl (C=O) groups is 1. The minimum Gasteiger partial charge on any atom is -0.493 e. The van der Waals surface area contributed by atoms with Gasteiger partial charge in [-0.1, -0.05) is 48.0 Å². The molecule has 0 aromatic heterocycles. The van der Waals surface area contributed by atoms with Gasteiger partial charge in [-0.25, -0.2) is 4.99 Å². The number of ether oxygens (including phenoxy) is 2. The van der Waals surface area contributed by atoms with Crippen LogP contribution in [-0.4, -0.2) is 24.6 Å². The number of nitrogens with zero attached hydrogens (tertiary/aromatic N) is 3. The van der Waals surface area contributed by atoms with Crippen molar-refractivity contribution in [2.24, 2.45) is 15.9 Å². The molecule has 6 nitrogen and oxygen atoms in total. The van der Waals surface area contributed by atoms with Crippen LogP contribution in [-0.2, 0) is 11.4 Å². The fourth-order valence-electron chi connectivity index (χ4n) is 3.26. The number of halogens is 1. The second kappa shape index (κ2) is 9.46. The van der Waals surface area contributed by atoms with Crippen molar-refractivity contribution < 1.29 is 14.3 Å².